The van der Waals surface area contributed by atoms with Gasteiger partial charge in [0.25, 0.3) is 5.91 Å². The Morgan fingerprint density at radius 3 is 3.22 bits per heavy atom. The monoisotopic (exact) mass is 252 g/mol. The van der Waals surface area contributed by atoms with E-state index in [0.717, 1.165) is 12.8 Å². The zero-order valence-corrected chi connectivity index (χ0v) is 10.3. The van der Waals surface area contributed by atoms with E-state index in [1.54, 1.807) is 18.1 Å². The summed E-state index contributed by atoms with van der Waals surface area (Å²) in [5.74, 6) is 0.169. The molecule has 0 radical (unpaired) electrons. The average molecular weight is 252 g/mol. The topological polar surface area (TPSA) is 64.8 Å². The lowest BCUT2D eigenvalue weighted by atomic mass is 9.98. The van der Waals surface area contributed by atoms with Gasteiger partial charge in [-0.1, -0.05) is 5.16 Å². The molecule has 0 saturated carbocycles. The van der Waals surface area contributed by atoms with Crippen LogP contribution in [0.15, 0.2) is 16.8 Å². The van der Waals surface area contributed by atoms with Crippen LogP contribution in [0.25, 0.3) is 0 Å². The molecule has 2 fully saturated rings. The van der Waals surface area contributed by atoms with Crippen molar-refractivity contribution < 1.29 is 18.8 Å². The number of carbonyl (C=O) groups is 1. The largest absolute Gasteiger partial charge is 0.379 e. The molecule has 1 spiro atoms. The van der Waals surface area contributed by atoms with Gasteiger partial charge in [0.1, 0.15) is 0 Å². The molecule has 3 heterocycles. The zero-order valence-electron chi connectivity index (χ0n) is 10.3. The van der Waals surface area contributed by atoms with Crippen molar-refractivity contribution in [2.75, 3.05) is 26.8 Å². The van der Waals surface area contributed by atoms with Crippen molar-refractivity contribution in [1.29, 1.82) is 0 Å². The molecule has 0 unspecified atom stereocenters. The minimum atomic E-state index is -0.226. The van der Waals surface area contributed by atoms with Crippen LogP contribution in [0, 0.1) is 0 Å². The molecular formula is C12H16N2O4. The highest BCUT2D eigenvalue weighted by Crippen LogP contribution is 2.36. The van der Waals surface area contributed by atoms with Crippen LogP contribution in [0.3, 0.4) is 0 Å². The fourth-order valence-electron chi connectivity index (χ4n) is 2.74. The van der Waals surface area contributed by atoms with Gasteiger partial charge in [-0.25, -0.2) is 0 Å². The molecule has 0 N–H and O–H groups in total. The number of ether oxygens (including phenoxy) is 2. The van der Waals surface area contributed by atoms with Gasteiger partial charge in [0.15, 0.2) is 0 Å². The van der Waals surface area contributed by atoms with E-state index in [0.29, 0.717) is 19.7 Å². The predicted molar refractivity (Wildman–Crippen MR) is 61.1 cm³/mol. The van der Waals surface area contributed by atoms with Crippen molar-refractivity contribution in [2.45, 2.75) is 24.5 Å². The standard InChI is InChI=1S/C12H16N2O4/c1-16-9-6-12(17-7-9)3-5-14(8-12)11(15)10-2-4-13-18-10/h2,4,9H,3,5-8H2,1H3/t9-,12-/m1/s1. The van der Waals surface area contributed by atoms with Crippen molar-refractivity contribution >= 4 is 5.91 Å². The van der Waals surface area contributed by atoms with Gasteiger partial charge >= 0.3 is 0 Å². The first-order valence-corrected chi connectivity index (χ1v) is 6.09. The summed E-state index contributed by atoms with van der Waals surface area (Å²) in [5.41, 5.74) is -0.226. The van der Waals surface area contributed by atoms with Crippen molar-refractivity contribution in [1.82, 2.24) is 10.1 Å². The van der Waals surface area contributed by atoms with E-state index >= 15 is 0 Å². The number of hydrogen-bond acceptors (Lipinski definition) is 5. The van der Waals surface area contributed by atoms with Crippen molar-refractivity contribution in [3.63, 3.8) is 0 Å². The Hall–Kier alpha value is -1.40. The van der Waals surface area contributed by atoms with Gasteiger partial charge in [-0.3, -0.25) is 4.79 Å². The second kappa shape index (κ2) is 4.37. The molecule has 1 aromatic heterocycles. The smallest absolute Gasteiger partial charge is 0.292 e. The van der Waals surface area contributed by atoms with E-state index in [1.165, 1.54) is 6.20 Å². The average Bonchev–Trinajstić information content (AvgIpc) is 3.10. The molecule has 2 aliphatic heterocycles. The van der Waals surface area contributed by atoms with E-state index < -0.39 is 0 Å². The summed E-state index contributed by atoms with van der Waals surface area (Å²) < 4.78 is 16.0. The molecule has 1 aromatic rings. The maximum absolute atomic E-state index is 12.1. The lowest BCUT2D eigenvalue weighted by molar-refractivity contribution is 0.00669. The molecule has 2 aliphatic rings. The molecule has 18 heavy (non-hydrogen) atoms. The fraction of sp³-hybridized carbons (Fsp3) is 0.667. The molecular weight excluding hydrogens is 236 g/mol. The van der Waals surface area contributed by atoms with Crippen LogP contribution < -0.4 is 0 Å². The third-order valence-corrected chi connectivity index (χ3v) is 3.76. The molecule has 0 aliphatic carbocycles. The van der Waals surface area contributed by atoms with E-state index in [4.69, 9.17) is 14.0 Å². The van der Waals surface area contributed by atoms with Crippen LogP contribution >= 0.6 is 0 Å². The van der Waals surface area contributed by atoms with Crippen LogP contribution in [0.2, 0.25) is 0 Å². The lowest BCUT2D eigenvalue weighted by Gasteiger charge is -2.22. The molecule has 6 nitrogen and oxygen atoms in total. The summed E-state index contributed by atoms with van der Waals surface area (Å²) >= 11 is 0. The summed E-state index contributed by atoms with van der Waals surface area (Å²) in [4.78, 5) is 13.9. The molecule has 0 bridgehead atoms. The molecule has 98 valence electrons. The first-order valence-electron chi connectivity index (χ1n) is 6.09. The number of methoxy groups -OCH3 is 1. The number of likely N-dealkylation sites (tertiary alicyclic amines) is 1. The summed E-state index contributed by atoms with van der Waals surface area (Å²) in [6.45, 7) is 1.91. The minimum Gasteiger partial charge on any atom is -0.379 e. The van der Waals surface area contributed by atoms with E-state index in [-0.39, 0.29) is 23.4 Å². The number of aromatic nitrogens is 1. The summed E-state index contributed by atoms with van der Waals surface area (Å²) in [7, 11) is 1.69. The van der Waals surface area contributed by atoms with Gasteiger partial charge in [-0.15, -0.1) is 0 Å². The Bertz CT molecular complexity index is 433. The Morgan fingerprint density at radius 2 is 2.56 bits per heavy atom. The number of rotatable bonds is 2. The second-order valence-electron chi connectivity index (χ2n) is 4.91. The molecule has 1 amide bonds. The van der Waals surface area contributed by atoms with Crippen molar-refractivity contribution in [3.8, 4) is 0 Å². The van der Waals surface area contributed by atoms with Crippen LogP contribution in [-0.4, -0.2) is 54.5 Å². The van der Waals surface area contributed by atoms with E-state index in [1.807, 2.05) is 0 Å². The SMILES string of the molecule is CO[C@H]1CO[C@]2(CCN(C(=O)c3ccno3)C2)C1. The highest BCUT2D eigenvalue weighted by molar-refractivity contribution is 5.91. The normalized spacial score (nSPS) is 31.4. The van der Waals surface area contributed by atoms with Crippen LogP contribution in [0.4, 0.5) is 0 Å². The molecule has 2 saturated heterocycles. The lowest BCUT2D eigenvalue weighted by Crippen LogP contribution is -2.35. The predicted octanol–water partition coefficient (Wildman–Crippen LogP) is 0.695. The molecule has 6 heteroatoms. The Labute approximate surface area is 105 Å². The van der Waals surface area contributed by atoms with Gasteiger partial charge < -0.3 is 18.9 Å². The highest BCUT2D eigenvalue weighted by atomic mass is 16.6. The number of hydrogen-bond donors (Lipinski definition) is 0. The van der Waals surface area contributed by atoms with Crippen molar-refractivity contribution in [2.24, 2.45) is 0 Å². The number of carbonyl (C=O) groups excluding carboxylic acids is 1. The summed E-state index contributed by atoms with van der Waals surface area (Å²) in [5, 5.41) is 3.56. The van der Waals surface area contributed by atoms with Gasteiger partial charge in [0, 0.05) is 26.1 Å². The van der Waals surface area contributed by atoms with Crippen LogP contribution in [-0.2, 0) is 9.47 Å². The van der Waals surface area contributed by atoms with Gasteiger partial charge in [0.05, 0.1) is 31.1 Å². The van der Waals surface area contributed by atoms with Gasteiger partial charge in [-0.05, 0) is 6.42 Å². The second-order valence-corrected chi connectivity index (χ2v) is 4.91. The minimum absolute atomic E-state index is 0.117. The maximum Gasteiger partial charge on any atom is 0.292 e. The van der Waals surface area contributed by atoms with Crippen LogP contribution in [0.1, 0.15) is 23.4 Å². The van der Waals surface area contributed by atoms with Crippen molar-refractivity contribution in [3.05, 3.63) is 18.0 Å². The van der Waals surface area contributed by atoms with Crippen LogP contribution in [0.5, 0.6) is 0 Å². The summed E-state index contributed by atoms with van der Waals surface area (Å²) in [6.07, 6.45) is 3.33. The van der Waals surface area contributed by atoms with Gasteiger partial charge in [0.2, 0.25) is 5.76 Å². The third-order valence-electron chi connectivity index (χ3n) is 3.76. The quantitative estimate of drug-likeness (QED) is 0.775. The highest BCUT2D eigenvalue weighted by Gasteiger charge is 2.47. The Kier molecular flexibility index (Phi) is 2.83. The molecule has 0 aromatic carbocycles. The maximum atomic E-state index is 12.1. The first kappa shape index (κ1) is 11.7. The fourth-order valence-corrected chi connectivity index (χ4v) is 2.74. The molecule has 3 rings (SSSR count). The number of nitrogens with zero attached hydrogens (tertiary/aromatic N) is 2. The molecule has 2 atom stereocenters. The van der Waals surface area contributed by atoms with E-state index in [2.05, 4.69) is 5.16 Å². The third kappa shape index (κ3) is 1.91. The Morgan fingerprint density at radius 1 is 1.67 bits per heavy atom. The number of amides is 1. The first-order chi connectivity index (χ1) is 8.72. The van der Waals surface area contributed by atoms with Gasteiger partial charge in [-0.2, -0.15) is 0 Å². The Balaban J connectivity index is 1.67. The summed E-state index contributed by atoms with van der Waals surface area (Å²) in [6, 6.07) is 1.58. The van der Waals surface area contributed by atoms with E-state index in [9.17, 15) is 4.79 Å². The zero-order chi connectivity index (χ0) is 12.6.